The number of anilines is 1. The lowest BCUT2D eigenvalue weighted by Gasteiger charge is -2.09. The molecule has 0 spiro atoms. The summed E-state index contributed by atoms with van der Waals surface area (Å²) in [5.41, 5.74) is 0.980. The third-order valence-electron chi connectivity index (χ3n) is 3.37. The third kappa shape index (κ3) is 5.67. The number of nitrogens with one attached hydrogen (secondary N) is 2. The Balaban J connectivity index is 2.24. The van der Waals surface area contributed by atoms with Gasteiger partial charge in [-0.3, -0.25) is 15.1 Å². The largest absolute Gasteiger partial charge is 0.461 e. The first-order valence-electron chi connectivity index (χ1n) is 8.21. The van der Waals surface area contributed by atoms with E-state index < -0.39 is 10.9 Å². The maximum atomic E-state index is 12.1. The van der Waals surface area contributed by atoms with E-state index in [1.54, 1.807) is 37.4 Å². The minimum absolute atomic E-state index is 0.0111. The fraction of sp³-hybridized carbons (Fsp3) is 0.105. The summed E-state index contributed by atoms with van der Waals surface area (Å²) in [6.07, 6.45) is 4.19. The fourth-order valence-electron chi connectivity index (χ4n) is 2.07. The monoisotopic (exact) mass is 379 g/mol. The minimum Gasteiger partial charge on any atom is -0.461 e. The first-order valence-corrected chi connectivity index (χ1v) is 8.21. The molecule has 0 aliphatic heterocycles. The molecule has 142 valence electrons. The summed E-state index contributed by atoms with van der Waals surface area (Å²) in [5, 5.41) is 25.7. The van der Waals surface area contributed by atoms with Gasteiger partial charge in [0.15, 0.2) is 0 Å². The van der Waals surface area contributed by atoms with Gasteiger partial charge in [0.1, 0.15) is 11.8 Å². The van der Waals surface area contributed by atoms with E-state index >= 15 is 0 Å². The molecule has 0 unspecified atom stereocenters. The molecule has 0 fully saturated rings. The van der Waals surface area contributed by atoms with Crippen LogP contribution in [0.5, 0.6) is 0 Å². The molecule has 2 aromatic rings. The van der Waals surface area contributed by atoms with Crippen molar-refractivity contribution < 1.29 is 14.5 Å². The van der Waals surface area contributed by atoms with Crippen LogP contribution in [-0.2, 0) is 9.53 Å². The number of non-ortho nitro benzene ring substituents is 1. The van der Waals surface area contributed by atoms with E-state index in [1.807, 2.05) is 6.07 Å². The second-order valence-corrected chi connectivity index (χ2v) is 5.26. The Labute approximate surface area is 161 Å². The second-order valence-electron chi connectivity index (χ2n) is 5.26. The molecule has 0 radical (unpaired) electrons. The zero-order chi connectivity index (χ0) is 20.4. The number of nitriles is 1. The van der Waals surface area contributed by atoms with Gasteiger partial charge in [-0.15, -0.1) is 0 Å². The molecule has 1 aromatic heterocycles. The number of aromatic nitrogens is 1. The van der Waals surface area contributed by atoms with Crippen LogP contribution in [0.3, 0.4) is 0 Å². The van der Waals surface area contributed by atoms with Gasteiger partial charge >= 0.3 is 5.97 Å². The molecule has 2 rings (SSSR count). The average molecular weight is 379 g/mol. The second kappa shape index (κ2) is 10.1. The number of benzene rings is 1. The minimum atomic E-state index is -0.657. The van der Waals surface area contributed by atoms with Crippen molar-refractivity contribution in [2.24, 2.45) is 0 Å². The molecule has 0 aliphatic carbocycles. The Hall–Kier alpha value is -4.19. The highest BCUT2D eigenvalue weighted by atomic mass is 16.6. The van der Waals surface area contributed by atoms with Gasteiger partial charge in [-0.1, -0.05) is 12.1 Å². The summed E-state index contributed by atoms with van der Waals surface area (Å²) in [6, 6.07) is 12.9. The van der Waals surface area contributed by atoms with Gasteiger partial charge < -0.3 is 15.4 Å². The third-order valence-corrected chi connectivity index (χ3v) is 3.37. The van der Waals surface area contributed by atoms with Gasteiger partial charge in [-0.25, -0.2) is 4.79 Å². The van der Waals surface area contributed by atoms with Gasteiger partial charge in [0.2, 0.25) is 0 Å². The molecule has 9 nitrogen and oxygen atoms in total. The Bertz CT molecular complexity index is 948. The number of rotatable bonds is 8. The standard InChI is InChI=1S/C19H17N5O4/c1-2-28-19(25)18(13-22-15-6-5-7-16(10-15)24(26)27)23-12-14(11-20)17-8-3-4-9-21-17/h3-10,12-13,22-23H,2H2,1H3/b14-12-,18-13-. The topological polar surface area (TPSA) is 130 Å². The number of nitro benzene ring substituents is 1. The summed E-state index contributed by atoms with van der Waals surface area (Å²) in [4.78, 5) is 26.6. The van der Waals surface area contributed by atoms with E-state index in [0.717, 1.165) is 0 Å². The van der Waals surface area contributed by atoms with Crippen molar-refractivity contribution in [3.8, 4) is 6.07 Å². The number of nitrogens with zero attached hydrogens (tertiary/aromatic N) is 3. The van der Waals surface area contributed by atoms with Crippen LogP contribution < -0.4 is 10.6 Å². The SMILES string of the molecule is CCOC(=O)/C(=C/Nc1cccc([N+](=O)[O-])c1)N/C=C(/C#N)c1ccccn1. The van der Waals surface area contributed by atoms with Crippen molar-refractivity contribution in [1.29, 1.82) is 5.26 Å². The maximum Gasteiger partial charge on any atom is 0.356 e. The molecule has 0 saturated carbocycles. The van der Waals surface area contributed by atoms with Crippen molar-refractivity contribution in [2.45, 2.75) is 6.92 Å². The molecule has 9 heteroatoms. The Morgan fingerprint density at radius 1 is 1.32 bits per heavy atom. The van der Waals surface area contributed by atoms with Crippen molar-refractivity contribution in [1.82, 2.24) is 10.3 Å². The molecule has 0 saturated heterocycles. The number of pyridine rings is 1. The number of carbonyl (C=O) groups is 1. The summed E-state index contributed by atoms with van der Waals surface area (Å²) >= 11 is 0. The summed E-state index contributed by atoms with van der Waals surface area (Å²) in [6.45, 7) is 1.82. The molecule has 28 heavy (non-hydrogen) atoms. The van der Waals surface area contributed by atoms with Gasteiger partial charge in [0, 0.05) is 36.4 Å². The molecule has 0 atom stereocenters. The van der Waals surface area contributed by atoms with Crippen LogP contribution in [0.1, 0.15) is 12.6 Å². The van der Waals surface area contributed by atoms with E-state index in [1.165, 1.54) is 30.6 Å². The number of esters is 1. The maximum absolute atomic E-state index is 12.1. The van der Waals surface area contributed by atoms with Crippen LogP contribution in [0.4, 0.5) is 11.4 Å². The summed E-state index contributed by atoms with van der Waals surface area (Å²) < 4.78 is 4.98. The zero-order valence-electron chi connectivity index (χ0n) is 15.0. The van der Waals surface area contributed by atoms with Crippen molar-refractivity contribution >= 4 is 22.9 Å². The average Bonchev–Trinajstić information content (AvgIpc) is 2.71. The lowest BCUT2D eigenvalue weighted by molar-refractivity contribution is -0.384. The van der Waals surface area contributed by atoms with E-state index in [9.17, 15) is 20.2 Å². The van der Waals surface area contributed by atoms with Crippen LogP contribution in [-0.4, -0.2) is 22.5 Å². The number of nitro groups is 1. The molecular formula is C19H17N5O4. The zero-order valence-corrected chi connectivity index (χ0v) is 15.0. The van der Waals surface area contributed by atoms with Crippen LogP contribution in [0.15, 0.2) is 66.8 Å². The number of hydrogen-bond acceptors (Lipinski definition) is 8. The molecule has 0 amide bonds. The summed E-state index contributed by atoms with van der Waals surface area (Å²) in [5.74, 6) is -0.657. The smallest absolute Gasteiger partial charge is 0.356 e. The Morgan fingerprint density at radius 2 is 2.14 bits per heavy atom. The van der Waals surface area contributed by atoms with Crippen LogP contribution >= 0.6 is 0 Å². The number of hydrogen-bond donors (Lipinski definition) is 2. The Kier molecular flexibility index (Phi) is 7.24. The van der Waals surface area contributed by atoms with Gasteiger partial charge in [0.05, 0.1) is 22.8 Å². The molecule has 1 heterocycles. The van der Waals surface area contributed by atoms with Crippen LogP contribution in [0.2, 0.25) is 0 Å². The number of carbonyl (C=O) groups excluding carboxylic acids is 1. The van der Waals surface area contributed by atoms with Gasteiger partial charge in [0.25, 0.3) is 5.69 Å². The number of allylic oxidation sites excluding steroid dienone is 1. The molecular weight excluding hydrogens is 362 g/mol. The summed E-state index contributed by atoms with van der Waals surface area (Å²) in [7, 11) is 0. The van der Waals surface area contributed by atoms with E-state index in [4.69, 9.17) is 4.74 Å². The highest BCUT2D eigenvalue weighted by Crippen LogP contribution is 2.17. The van der Waals surface area contributed by atoms with Crippen LogP contribution in [0, 0.1) is 21.4 Å². The molecule has 0 bridgehead atoms. The van der Waals surface area contributed by atoms with Crippen molar-refractivity contribution in [2.75, 3.05) is 11.9 Å². The molecule has 0 aliphatic rings. The molecule has 2 N–H and O–H groups in total. The normalized spacial score (nSPS) is 11.3. The van der Waals surface area contributed by atoms with E-state index in [2.05, 4.69) is 15.6 Å². The van der Waals surface area contributed by atoms with Crippen LogP contribution in [0.25, 0.3) is 5.57 Å². The van der Waals surface area contributed by atoms with Crippen molar-refractivity contribution in [3.05, 3.63) is 82.6 Å². The fourth-order valence-corrected chi connectivity index (χ4v) is 2.07. The highest BCUT2D eigenvalue weighted by molar-refractivity contribution is 5.89. The van der Waals surface area contributed by atoms with E-state index in [-0.39, 0.29) is 23.6 Å². The highest BCUT2D eigenvalue weighted by Gasteiger charge is 2.11. The Morgan fingerprint density at radius 3 is 2.79 bits per heavy atom. The number of ether oxygens (including phenoxy) is 1. The molecule has 1 aromatic carbocycles. The van der Waals surface area contributed by atoms with Gasteiger partial charge in [-0.05, 0) is 25.1 Å². The predicted octanol–water partition coefficient (Wildman–Crippen LogP) is 2.96. The lowest BCUT2D eigenvalue weighted by Crippen LogP contribution is -2.20. The van der Waals surface area contributed by atoms with Crippen molar-refractivity contribution in [3.63, 3.8) is 0 Å². The van der Waals surface area contributed by atoms with Gasteiger partial charge in [-0.2, -0.15) is 5.26 Å². The first kappa shape index (κ1) is 20.1. The van der Waals surface area contributed by atoms with E-state index in [0.29, 0.717) is 11.4 Å². The first-order chi connectivity index (χ1) is 13.5. The predicted molar refractivity (Wildman–Crippen MR) is 102 cm³/mol. The lowest BCUT2D eigenvalue weighted by atomic mass is 10.2. The quantitative estimate of drug-likeness (QED) is 0.235.